The summed E-state index contributed by atoms with van der Waals surface area (Å²) in [6.07, 6.45) is 2.94. The Morgan fingerprint density at radius 2 is 1.36 bits per heavy atom. The fraction of sp³-hybridized carbons (Fsp3) is 0.130. The number of hydrogen-bond acceptors (Lipinski definition) is 2. The van der Waals surface area contributed by atoms with Crippen molar-refractivity contribution in [3.63, 3.8) is 0 Å². The van der Waals surface area contributed by atoms with Gasteiger partial charge >= 0.3 is 0 Å². The van der Waals surface area contributed by atoms with Crippen LogP contribution in [0.25, 0.3) is 11.1 Å². The van der Waals surface area contributed by atoms with Gasteiger partial charge in [0.25, 0.3) is 0 Å². The molecule has 2 heteroatoms. The van der Waals surface area contributed by atoms with Gasteiger partial charge in [0.1, 0.15) is 11.5 Å². The average Bonchev–Trinajstić information content (AvgIpc) is 2.82. The molecule has 0 spiro atoms. The lowest BCUT2D eigenvalue weighted by molar-refractivity contribution is 0.474. The second-order valence-electron chi connectivity index (χ2n) is 6.46. The average molecular weight is 328 g/mol. The third-order valence-corrected chi connectivity index (χ3v) is 4.81. The van der Waals surface area contributed by atoms with E-state index in [1.165, 1.54) is 27.8 Å². The van der Waals surface area contributed by atoms with Crippen molar-refractivity contribution in [3.8, 4) is 11.5 Å². The van der Waals surface area contributed by atoms with Crippen molar-refractivity contribution in [1.82, 2.24) is 0 Å². The second-order valence-corrected chi connectivity index (χ2v) is 6.46. The number of phenols is 2. The first-order chi connectivity index (χ1) is 12.2. The fourth-order valence-electron chi connectivity index (χ4n) is 3.66. The van der Waals surface area contributed by atoms with Gasteiger partial charge in [-0.15, -0.1) is 0 Å². The molecule has 0 aliphatic heterocycles. The van der Waals surface area contributed by atoms with Crippen LogP contribution in [0.3, 0.4) is 0 Å². The molecule has 1 aliphatic carbocycles. The molecule has 0 saturated heterocycles. The highest BCUT2D eigenvalue weighted by Gasteiger charge is 2.20. The van der Waals surface area contributed by atoms with Gasteiger partial charge in [-0.25, -0.2) is 0 Å². The van der Waals surface area contributed by atoms with E-state index in [1.807, 2.05) is 30.3 Å². The summed E-state index contributed by atoms with van der Waals surface area (Å²) in [5, 5.41) is 19.5. The molecule has 124 valence electrons. The van der Waals surface area contributed by atoms with Crippen LogP contribution in [0, 0.1) is 0 Å². The Hall–Kier alpha value is -3.00. The fourth-order valence-corrected chi connectivity index (χ4v) is 3.66. The van der Waals surface area contributed by atoms with Crippen LogP contribution in [0.15, 0.2) is 72.8 Å². The standard InChI is InChI=1S/C23H20O2/c24-19-11-9-16(10-12-19)21-8-4-7-18-15-20(25)13-14-22(18)23(21)17-5-2-1-3-6-17/h1-3,5-6,9-15,24-25H,4,7-8H2. The SMILES string of the molecule is Oc1ccc(C2=C(c3ccccc3)c3ccc(O)cc3CCC2)cc1. The van der Waals surface area contributed by atoms with E-state index in [2.05, 4.69) is 24.3 Å². The molecule has 0 aromatic heterocycles. The Kier molecular flexibility index (Phi) is 4.02. The highest BCUT2D eigenvalue weighted by Crippen LogP contribution is 2.40. The van der Waals surface area contributed by atoms with Crippen LogP contribution in [0.5, 0.6) is 11.5 Å². The summed E-state index contributed by atoms with van der Waals surface area (Å²) in [6.45, 7) is 0. The van der Waals surface area contributed by atoms with E-state index in [1.54, 1.807) is 18.2 Å². The minimum atomic E-state index is 0.282. The van der Waals surface area contributed by atoms with Crippen molar-refractivity contribution in [2.24, 2.45) is 0 Å². The summed E-state index contributed by atoms with van der Waals surface area (Å²) >= 11 is 0. The Labute approximate surface area is 147 Å². The van der Waals surface area contributed by atoms with Gasteiger partial charge in [0.15, 0.2) is 0 Å². The third-order valence-electron chi connectivity index (χ3n) is 4.81. The van der Waals surface area contributed by atoms with Crippen molar-refractivity contribution in [2.75, 3.05) is 0 Å². The van der Waals surface area contributed by atoms with E-state index < -0.39 is 0 Å². The van der Waals surface area contributed by atoms with Crippen molar-refractivity contribution in [1.29, 1.82) is 0 Å². The van der Waals surface area contributed by atoms with Gasteiger partial charge in [0.2, 0.25) is 0 Å². The molecule has 0 bridgehead atoms. The Balaban J connectivity index is 2.00. The second kappa shape index (κ2) is 6.48. The van der Waals surface area contributed by atoms with E-state index in [4.69, 9.17) is 0 Å². The van der Waals surface area contributed by atoms with Crippen molar-refractivity contribution < 1.29 is 10.2 Å². The third kappa shape index (κ3) is 3.03. The molecule has 3 aromatic carbocycles. The van der Waals surface area contributed by atoms with Crippen LogP contribution in [-0.2, 0) is 6.42 Å². The molecule has 4 rings (SSSR count). The summed E-state index contributed by atoms with van der Waals surface area (Å²) in [5.74, 6) is 0.601. The lowest BCUT2D eigenvalue weighted by Gasteiger charge is -2.16. The molecule has 2 N–H and O–H groups in total. The molecule has 0 atom stereocenters. The highest BCUT2D eigenvalue weighted by molar-refractivity contribution is 5.99. The molecule has 25 heavy (non-hydrogen) atoms. The molecule has 1 aliphatic rings. The van der Waals surface area contributed by atoms with E-state index in [9.17, 15) is 10.2 Å². The zero-order valence-corrected chi connectivity index (χ0v) is 13.9. The van der Waals surface area contributed by atoms with E-state index >= 15 is 0 Å². The number of aryl methyl sites for hydroxylation is 1. The predicted octanol–water partition coefficient (Wildman–Crippen LogP) is 5.39. The van der Waals surface area contributed by atoms with Gasteiger partial charge in [-0.05, 0) is 76.9 Å². The lowest BCUT2D eigenvalue weighted by atomic mass is 9.88. The van der Waals surface area contributed by atoms with Crippen molar-refractivity contribution in [2.45, 2.75) is 19.3 Å². The monoisotopic (exact) mass is 328 g/mol. The van der Waals surface area contributed by atoms with Crippen LogP contribution in [-0.4, -0.2) is 10.2 Å². The van der Waals surface area contributed by atoms with Crippen molar-refractivity contribution >= 4 is 11.1 Å². The van der Waals surface area contributed by atoms with Crippen molar-refractivity contribution in [3.05, 3.63) is 95.1 Å². The molecule has 3 aromatic rings. The molecule has 2 nitrogen and oxygen atoms in total. The predicted molar refractivity (Wildman–Crippen MR) is 102 cm³/mol. The minimum Gasteiger partial charge on any atom is -0.508 e. The molecule has 0 radical (unpaired) electrons. The summed E-state index contributed by atoms with van der Waals surface area (Å²) in [5.41, 5.74) is 7.20. The maximum atomic E-state index is 9.91. The zero-order valence-electron chi connectivity index (χ0n) is 13.9. The topological polar surface area (TPSA) is 40.5 Å². The van der Waals surface area contributed by atoms with E-state index in [0.717, 1.165) is 24.8 Å². The Morgan fingerprint density at radius 1 is 0.640 bits per heavy atom. The van der Waals surface area contributed by atoms with Gasteiger partial charge in [-0.3, -0.25) is 0 Å². The van der Waals surface area contributed by atoms with E-state index in [-0.39, 0.29) is 5.75 Å². The number of benzene rings is 3. The first-order valence-corrected chi connectivity index (χ1v) is 8.62. The number of rotatable bonds is 2. The number of allylic oxidation sites excluding steroid dienone is 1. The number of phenolic OH excluding ortho intramolecular Hbond substituents is 2. The number of hydrogen-bond donors (Lipinski definition) is 2. The first kappa shape index (κ1) is 15.5. The molecular weight excluding hydrogens is 308 g/mol. The molecule has 0 amide bonds. The van der Waals surface area contributed by atoms with Gasteiger partial charge in [-0.2, -0.15) is 0 Å². The van der Waals surface area contributed by atoms with Crippen LogP contribution in [0.1, 0.15) is 35.1 Å². The summed E-state index contributed by atoms with van der Waals surface area (Å²) < 4.78 is 0. The quantitative estimate of drug-likeness (QED) is 0.662. The maximum Gasteiger partial charge on any atom is 0.115 e. The zero-order chi connectivity index (χ0) is 17.2. The van der Waals surface area contributed by atoms with Gasteiger partial charge in [0, 0.05) is 0 Å². The molecule has 0 unspecified atom stereocenters. The summed E-state index contributed by atoms with van der Waals surface area (Å²) in [4.78, 5) is 0. The normalized spacial score (nSPS) is 14.1. The molecule has 0 saturated carbocycles. The molecule has 0 heterocycles. The Bertz CT molecular complexity index is 922. The maximum absolute atomic E-state index is 9.91. The number of fused-ring (bicyclic) bond motifs is 1. The van der Waals surface area contributed by atoms with Crippen LogP contribution in [0.4, 0.5) is 0 Å². The molecule has 0 fully saturated rings. The summed E-state index contributed by atoms with van der Waals surface area (Å²) in [7, 11) is 0. The van der Waals surface area contributed by atoms with Gasteiger partial charge < -0.3 is 10.2 Å². The Morgan fingerprint density at radius 3 is 2.12 bits per heavy atom. The lowest BCUT2D eigenvalue weighted by Crippen LogP contribution is -1.95. The van der Waals surface area contributed by atoms with Crippen LogP contribution >= 0.6 is 0 Å². The molecular formula is C23H20O2. The van der Waals surface area contributed by atoms with Gasteiger partial charge in [0.05, 0.1) is 0 Å². The smallest absolute Gasteiger partial charge is 0.115 e. The van der Waals surface area contributed by atoms with Gasteiger partial charge in [-0.1, -0.05) is 48.5 Å². The largest absolute Gasteiger partial charge is 0.508 e. The van der Waals surface area contributed by atoms with Crippen LogP contribution in [0.2, 0.25) is 0 Å². The minimum absolute atomic E-state index is 0.282. The number of aromatic hydroxyl groups is 2. The van der Waals surface area contributed by atoms with E-state index in [0.29, 0.717) is 5.75 Å². The highest BCUT2D eigenvalue weighted by atomic mass is 16.3. The van der Waals surface area contributed by atoms with Crippen LogP contribution < -0.4 is 0 Å². The summed E-state index contributed by atoms with van der Waals surface area (Å²) in [6, 6.07) is 23.6. The first-order valence-electron chi connectivity index (χ1n) is 8.62.